The summed E-state index contributed by atoms with van der Waals surface area (Å²) < 4.78 is 0. The standard InChI is InChI=1S/C10H7NO4/c12-8-5-3-1-2-4-6(5)11-9(13)7(8)10(14)15/h1-4,7H,(H,11,13)(H,14,15). The largest absolute Gasteiger partial charge is 0.480 e. The summed E-state index contributed by atoms with van der Waals surface area (Å²) in [6.45, 7) is 0. The summed E-state index contributed by atoms with van der Waals surface area (Å²) in [7, 11) is 0. The topological polar surface area (TPSA) is 83.5 Å². The lowest BCUT2D eigenvalue weighted by Crippen LogP contribution is -2.40. The van der Waals surface area contributed by atoms with E-state index in [1.807, 2.05) is 0 Å². The predicted octanol–water partition coefficient (Wildman–Crippen LogP) is 0.522. The maximum absolute atomic E-state index is 11.6. The molecule has 2 rings (SSSR count). The Hall–Kier alpha value is -2.17. The van der Waals surface area contributed by atoms with Crippen LogP contribution < -0.4 is 5.32 Å². The van der Waals surface area contributed by atoms with Crippen molar-refractivity contribution in [3.8, 4) is 0 Å². The number of carboxylic acid groups (broad SMARTS) is 1. The number of carboxylic acids is 1. The van der Waals surface area contributed by atoms with Gasteiger partial charge in [-0.25, -0.2) is 0 Å². The lowest BCUT2D eigenvalue weighted by atomic mass is 9.92. The van der Waals surface area contributed by atoms with E-state index < -0.39 is 23.6 Å². The van der Waals surface area contributed by atoms with Crippen molar-refractivity contribution in [3.63, 3.8) is 0 Å². The average Bonchev–Trinajstić information content (AvgIpc) is 2.17. The number of aliphatic carboxylic acids is 1. The zero-order valence-electron chi connectivity index (χ0n) is 7.56. The van der Waals surface area contributed by atoms with Crippen LogP contribution in [0.4, 0.5) is 5.69 Å². The van der Waals surface area contributed by atoms with Crippen LogP contribution in [-0.2, 0) is 9.59 Å². The molecule has 0 spiro atoms. The monoisotopic (exact) mass is 205 g/mol. The van der Waals surface area contributed by atoms with E-state index in [0.29, 0.717) is 5.69 Å². The van der Waals surface area contributed by atoms with E-state index in [4.69, 9.17) is 5.11 Å². The number of amides is 1. The molecule has 15 heavy (non-hydrogen) atoms. The number of carbonyl (C=O) groups excluding carboxylic acids is 2. The third-order valence-electron chi connectivity index (χ3n) is 2.22. The van der Waals surface area contributed by atoms with Crippen LogP contribution in [-0.4, -0.2) is 22.8 Å². The van der Waals surface area contributed by atoms with Crippen molar-refractivity contribution in [1.82, 2.24) is 0 Å². The molecule has 0 saturated carbocycles. The molecular weight excluding hydrogens is 198 g/mol. The number of nitrogens with one attached hydrogen (secondary N) is 1. The molecule has 1 aliphatic heterocycles. The van der Waals surface area contributed by atoms with E-state index in [-0.39, 0.29) is 5.56 Å². The Morgan fingerprint density at radius 2 is 1.93 bits per heavy atom. The van der Waals surface area contributed by atoms with Gasteiger partial charge in [0.1, 0.15) is 0 Å². The van der Waals surface area contributed by atoms with Crippen LogP contribution in [0.2, 0.25) is 0 Å². The molecular formula is C10H7NO4. The first-order valence-electron chi connectivity index (χ1n) is 4.28. The first kappa shape index (κ1) is 9.39. The zero-order valence-corrected chi connectivity index (χ0v) is 7.56. The Labute approximate surface area is 84.7 Å². The molecule has 0 saturated heterocycles. The van der Waals surface area contributed by atoms with Gasteiger partial charge in [-0.15, -0.1) is 0 Å². The second-order valence-electron chi connectivity index (χ2n) is 3.17. The molecule has 5 nitrogen and oxygen atoms in total. The third kappa shape index (κ3) is 1.38. The number of ketones is 1. The van der Waals surface area contributed by atoms with Crippen LogP contribution in [0.25, 0.3) is 0 Å². The molecule has 0 aliphatic carbocycles. The predicted molar refractivity (Wildman–Crippen MR) is 50.5 cm³/mol. The SMILES string of the molecule is O=C(O)C1C(=O)Nc2ccccc2C1=O. The highest BCUT2D eigenvalue weighted by Crippen LogP contribution is 2.25. The molecule has 1 aliphatic rings. The molecule has 76 valence electrons. The summed E-state index contributed by atoms with van der Waals surface area (Å²) in [5.41, 5.74) is 0.606. The molecule has 0 aromatic heterocycles. The Morgan fingerprint density at radius 3 is 2.60 bits per heavy atom. The van der Waals surface area contributed by atoms with Crippen molar-refractivity contribution in [2.45, 2.75) is 0 Å². The maximum atomic E-state index is 11.6. The highest BCUT2D eigenvalue weighted by molar-refractivity contribution is 6.29. The number of fused-ring (bicyclic) bond motifs is 1. The number of rotatable bonds is 1. The molecule has 1 aromatic rings. The molecule has 2 N–H and O–H groups in total. The minimum atomic E-state index is -1.63. The highest BCUT2D eigenvalue weighted by atomic mass is 16.4. The zero-order chi connectivity index (χ0) is 11.0. The molecule has 1 aromatic carbocycles. The lowest BCUT2D eigenvalue weighted by Gasteiger charge is -2.20. The molecule has 1 heterocycles. The summed E-state index contributed by atoms with van der Waals surface area (Å²) in [5, 5.41) is 11.1. The van der Waals surface area contributed by atoms with Crippen molar-refractivity contribution in [3.05, 3.63) is 29.8 Å². The molecule has 0 radical (unpaired) electrons. The highest BCUT2D eigenvalue weighted by Gasteiger charge is 2.39. The van der Waals surface area contributed by atoms with Gasteiger partial charge in [0.2, 0.25) is 5.91 Å². The van der Waals surface area contributed by atoms with Gasteiger partial charge in [-0.05, 0) is 12.1 Å². The third-order valence-corrected chi connectivity index (χ3v) is 2.22. The van der Waals surface area contributed by atoms with Gasteiger partial charge in [0.05, 0.1) is 5.69 Å². The molecule has 5 heteroatoms. The van der Waals surface area contributed by atoms with Gasteiger partial charge in [0.15, 0.2) is 11.7 Å². The maximum Gasteiger partial charge on any atom is 0.324 e. The van der Waals surface area contributed by atoms with Crippen LogP contribution in [0, 0.1) is 5.92 Å². The number of benzene rings is 1. The van der Waals surface area contributed by atoms with Gasteiger partial charge in [0, 0.05) is 5.56 Å². The first-order chi connectivity index (χ1) is 7.11. The van der Waals surface area contributed by atoms with Gasteiger partial charge < -0.3 is 10.4 Å². The summed E-state index contributed by atoms with van der Waals surface area (Å²) in [4.78, 5) is 33.6. The second-order valence-corrected chi connectivity index (χ2v) is 3.17. The van der Waals surface area contributed by atoms with Crippen LogP contribution in [0.1, 0.15) is 10.4 Å². The number of hydrogen-bond acceptors (Lipinski definition) is 3. The second kappa shape index (κ2) is 3.20. The fourth-order valence-electron chi connectivity index (χ4n) is 1.51. The number of Topliss-reactive ketones (excluding diaryl/α,β-unsaturated/α-hetero) is 1. The van der Waals surface area contributed by atoms with Gasteiger partial charge in [-0.3, -0.25) is 14.4 Å². The Bertz CT molecular complexity index is 466. The van der Waals surface area contributed by atoms with E-state index in [1.54, 1.807) is 18.2 Å². The van der Waals surface area contributed by atoms with E-state index in [2.05, 4.69) is 5.32 Å². The quantitative estimate of drug-likeness (QED) is 0.655. The normalized spacial score (nSPS) is 19.3. The molecule has 1 amide bonds. The number of anilines is 1. The first-order valence-corrected chi connectivity index (χ1v) is 4.28. The van der Waals surface area contributed by atoms with E-state index >= 15 is 0 Å². The fraction of sp³-hybridized carbons (Fsp3) is 0.100. The van der Waals surface area contributed by atoms with Crippen LogP contribution in [0.15, 0.2) is 24.3 Å². The van der Waals surface area contributed by atoms with Gasteiger partial charge in [-0.1, -0.05) is 12.1 Å². The van der Waals surface area contributed by atoms with Crippen molar-refractivity contribution in [1.29, 1.82) is 0 Å². The minimum absolute atomic E-state index is 0.240. The lowest BCUT2D eigenvalue weighted by molar-refractivity contribution is -0.143. The average molecular weight is 205 g/mol. The van der Waals surface area contributed by atoms with Crippen LogP contribution in [0.5, 0.6) is 0 Å². The van der Waals surface area contributed by atoms with Crippen molar-refractivity contribution >= 4 is 23.3 Å². The van der Waals surface area contributed by atoms with E-state index in [9.17, 15) is 14.4 Å². The summed E-state index contributed by atoms with van der Waals surface area (Å²) in [5.74, 6) is -4.50. The Kier molecular flexibility index (Phi) is 2.00. The molecule has 1 atom stereocenters. The van der Waals surface area contributed by atoms with Gasteiger partial charge >= 0.3 is 5.97 Å². The number of hydrogen-bond donors (Lipinski definition) is 2. The molecule has 0 bridgehead atoms. The van der Waals surface area contributed by atoms with Gasteiger partial charge in [0.25, 0.3) is 0 Å². The van der Waals surface area contributed by atoms with Crippen molar-refractivity contribution < 1.29 is 19.5 Å². The summed E-state index contributed by atoms with van der Waals surface area (Å²) in [6, 6.07) is 6.33. The van der Waals surface area contributed by atoms with E-state index in [0.717, 1.165) is 0 Å². The van der Waals surface area contributed by atoms with Gasteiger partial charge in [-0.2, -0.15) is 0 Å². The Morgan fingerprint density at radius 1 is 1.27 bits per heavy atom. The fourth-order valence-corrected chi connectivity index (χ4v) is 1.51. The number of carbonyl (C=O) groups is 3. The smallest absolute Gasteiger partial charge is 0.324 e. The van der Waals surface area contributed by atoms with Crippen molar-refractivity contribution in [2.75, 3.05) is 5.32 Å². The molecule has 1 unspecified atom stereocenters. The Balaban J connectivity index is 2.52. The van der Waals surface area contributed by atoms with E-state index in [1.165, 1.54) is 6.07 Å². The van der Waals surface area contributed by atoms with Crippen LogP contribution >= 0.6 is 0 Å². The van der Waals surface area contributed by atoms with Crippen molar-refractivity contribution in [2.24, 2.45) is 5.92 Å². The number of para-hydroxylation sites is 1. The molecule has 0 fully saturated rings. The van der Waals surface area contributed by atoms with Crippen LogP contribution in [0.3, 0.4) is 0 Å². The summed E-state index contributed by atoms with van der Waals surface area (Å²) in [6.07, 6.45) is 0. The minimum Gasteiger partial charge on any atom is -0.480 e. The summed E-state index contributed by atoms with van der Waals surface area (Å²) >= 11 is 0.